The van der Waals surface area contributed by atoms with Crippen LogP contribution in [-0.2, 0) is 16.2 Å². The minimum Gasteiger partial charge on any atom is -0.370 e. The molecule has 0 unspecified atom stereocenters. The maximum atomic E-state index is 13.4. The largest absolute Gasteiger partial charge is 0.416 e. The van der Waals surface area contributed by atoms with Crippen LogP contribution in [0.3, 0.4) is 0 Å². The van der Waals surface area contributed by atoms with E-state index in [4.69, 9.17) is 0 Å². The van der Waals surface area contributed by atoms with Gasteiger partial charge in [0.1, 0.15) is 0 Å². The van der Waals surface area contributed by atoms with Crippen LogP contribution in [0.1, 0.15) is 43.2 Å². The van der Waals surface area contributed by atoms with Gasteiger partial charge in [-0.25, -0.2) is 8.42 Å². The second kappa shape index (κ2) is 8.37. The molecule has 2 aliphatic rings. The highest BCUT2D eigenvalue weighted by molar-refractivity contribution is 7.92. The van der Waals surface area contributed by atoms with E-state index < -0.39 is 21.8 Å². The Labute approximate surface area is 181 Å². The molecule has 4 nitrogen and oxygen atoms in total. The second-order valence-electron chi connectivity index (χ2n) is 8.69. The van der Waals surface area contributed by atoms with E-state index in [-0.39, 0.29) is 10.6 Å². The summed E-state index contributed by atoms with van der Waals surface area (Å²) in [6.45, 7) is 3.30. The number of anilines is 2. The number of halogens is 3. The molecule has 1 aliphatic carbocycles. The Morgan fingerprint density at radius 1 is 0.968 bits per heavy atom. The molecule has 2 atom stereocenters. The predicted octanol–water partition coefficient (Wildman–Crippen LogP) is 5.83. The number of aryl methyl sites for hydroxylation is 1. The van der Waals surface area contributed by atoms with Crippen LogP contribution in [0.5, 0.6) is 0 Å². The van der Waals surface area contributed by atoms with E-state index in [1.165, 1.54) is 37.5 Å². The van der Waals surface area contributed by atoms with Gasteiger partial charge in [-0.3, -0.25) is 4.72 Å². The van der Waals surface area contributed by atoms with Gasteiger partial charge in [0.2, 0.25) is 0 Å². The first kappa shape index (κ1) is 22.0. The zero-order valence-corrected chi connectivity index (χ0v) is 18.3. The van der Waals surface area contributed by atoms with E-state index in [9.17, 15) is 21.6 Å². The Balaban J connectivity index is 1.68. The zero-order chi connectivity index (χ0) is 22.2. The van der Waals surface area contributed by atoms with Crippen molar-refractivity contribution in [2.45, 2.75) is 50.1 Å². The molecule has 8 heteroatoms. The smallest absolute Gasteiger partial charge is 0.370 e. The van der Waals surface area contributed by atoms with Crippen molar-refractivity contribution in [3.8, 4) is 0 Å². The number of nitrogens with one attached hydrogen (secondary N) is 1. The fourth-order valence-electron chi connectivity index (χ4n) is 4.81. The first-order chi connectivity index (χ1) is 14.6. The molecule has 0 amide bonds. The number of hydrogen-bond acceptors (Lipinski definition) is 3. The minimum atomic E-state index is -4.56. The number of alkyl halides is 3. The van der Waals surface area contributed by atoms with Gasteiger partial charge < -0.3 is 4.90 Å². The van der Waals surface area contributed by atoms with Crippen LogP contribution < -0.4 is 9.62 Å². The Morgan fingerprint density at radius 2 is 1.65 bits per heavy atom. The third-order valence-electron chi connectivity index (χ3n) is 6.53. The van der Waals surface area contributed by atoms with Crippen LogP contribution >= 0.6 is 0 Å². The van der Waals surface area contributed by atoms with Crippen molar-refractivity contribution < 1.29 is 21.6 Å². The van der Waals surface area contributed by atoms with Crippen LogP contribution in [0.15, 0.2) is 47.4 Å². The molecule has 1 N–H and O–H groups in total. The van der Waals surface area contributed by atoms with Crippen LogP contribution in [0, 0.1) is 18.8 Å². The SMILES string of the molecule is Cc1ccc(S(=O)(=O)Nc2cc(C(F)(F)F)ccc2N2CC[C@@H]3CCCC[C@H]3C2)cc1. The summed E-state index contributed by atoms with van der Waals surface area (Å²) in [7, 11) is -4.02. The maximum Gasteiger partial charge on any atom is 0.416 e. The van der Waals surface area contributed by atoms with Crippen LogP contribution in [0.4, 0.5) is 24.5 Å². The zero-order valence-electron chi connectivity index (χ0n) is 17.5. The maximum absolute atomic E-state index is 13.4. The number of sulfonamides is 1. The summed E-state index contributed by atoms with van der Waals surface area (Å²) in [6, 6.07) is 9.58. The van der Waals surface area contributed by atoms with E-state index in [1.807, 2.05) is 11.8 Å². The lowest BCUT2D eigenvalue weighted by atomic mass is 9.75. The highest BCUT2D eigenvalue weighted by Crippen LogP contribution is 2.41. The first-order valence-corrected chi connectivity index (χ1v) is 12.2. The van der Waals surface area contributed by atoms with Gasteiger partial charge in [0.15, 0.2) is 0 Å². The first-order valence-electron chi connectivity index (χ1n) is 10.7. The van der Waals surface area contributed by atoms with Crippen molar-refractivity contribution in [2.24, 2.45) is 11.8 Å². The van der Waals surface area contributed by atoms with Crippen LogP contribution in [0.2, 0.25) is 0 Å². The summed E-state index contributed by atoms with van der Waals surface area (Å²) in [5.41, 5.74) is 0.511. The topological polar surface area (TPSA) is 49.4 Å². The molecular formula is C23H27F3N2O2S. The second-order valence-corrected chi connectivity index (χ2v) is 10.4. The summed E-state index contributed by atoms with van der Waals surface area (Å²) < 4.78 is 68.4. The molecule has 4 rings (SSSR count). The molecule has 1 aliphatic heterocycles. The van der Waals surface area contributed by atoms with Gasteiger partial charge in [-0.15, -0.1) is 0 Å². The lowest BCUT2D eigenvalue weighted by Gasteiger charge is -2.42. The third kappa shape index (κ3) is 4.84. The average molecular weight is 453 g/mol. The lowest BCUT2D eigenvalue weighted by molar-refractivity contribution is -0.137. The van der Waals surface area contributed by atoms with Crippen molar-refractivity contribution in [1.29, 1.82) is 0 Å². The van der Waals surface area contributed by atoms with Crippen molar-refractivity contribution in [3.05, 3.63) is 53.6 Å². The molecule has 0 radical (unpaired) electrons. The number of rotatable bonds is 4. The van der Waals surface area contributed by atoms with Gasteiger partial charge in [-0.05, 0) is 61.9 Å². The van der Waals surface area contributed by atoms with Gasteiger partial charge in [0.25, 0.3) is 10.0 Å². The highest BCUT2D eigenvalue weighted by atomic mass is 32.2. The monoisotopic (exact) mass is 452 g/mol. The molecule has 0 spiro atoms. The minimum absolute atomic E-state index is 0.0208. The molecule has 0 aromatic heterocycles. The molecule has 1 heterocycles. The van der Waals surface area contributed by atoms with Gasteiger partial charge in [-0.1, -0.05) is 37.0 Å². The summed E-state index contributed by atoms with van der Waals surface area (Å²) in [5.74, 6) is 1.17. The van der Waals surface area contributed by atoms with Crippen molar-refractivity contribution >= 4 is 21.4 Å². The quantitative estimate of drug-likeness (QED) is 0.635. The van der Waals surface area contributed by atoms with Gasteiger partial charge in [0.05, 0.1) is 21.8 Å². The van der Waals surface area contributed by atoms with E-state index in [2.05, 4.69) is 4.72 Å². The van der Waals surface area contributed by atoms with Gasteiger partial charge >= 0.3 is 6.18 Å². The molecule has 1 saturated heterocycles. The predicted molar refractivity (Wildman–Crippen MR) is 116 cm³/mol. The summed E-state index contributed by atoms with van der Waals surface area (Å²) in [4.78, 5) is 2.06. The molecule has 0 bridgehead atoms. The molecule has 2 fully saturated rings. The van der Waals surface area contributed by atoms with E-state index in [0.717, 1.165) is 37.1 Å². The number of piperidine rings is 1. The van der Waals surface area contributed by atoms with E-state index >= 15 is 0 Å². The van der Waals surface area contributed by atoms with E-state index in [1.54, 1.807) is 12.1 Å². The van der Waals surface area contributed by atoms with Crippen molar-refractivity contribution in [2.75, 3.05) is 22.7 Å². The Morgan fingerprint density at radius 3 is 2.32 bits per heavy atom. The van der Waals surface area contributed by atoms with E-state index in [0.29, 0.717) is 24.1 Å². The summed E-state index contributed by atoms with van der Waals surface area (Å²) in [6.07, 6.45) is 1.16. The van der Waals surface area contributed by atoms with Crippen LogP contribution in [-0.4, -0.2) is 21.5 Å². The Kier molecular flexibility index (Phi) is 5.94. The Hall–Kier alpha value is -2.22. The Bertz CT molecular complexity index is 1040. The normalized spacial score (nSPS) is 22.1. The molecule has 2 aromatic carbocycles. The van der Waals surface area contributed by atoms with Gasteiger partial charge in [0, 0.05) is 13.1 Å². The number of fused-ring (bicyclic) bond motifs is 1. The number of benzene rings is 2. The molecule has 2 aromatic rings. The van der Waals surface area contributed by atoms with Crippen molar-refractivity contribution in [3.63, 3.8) is 0 Å². The number of nitrogens with zero attached hydrogens (tertiary/aromatic N) is 1. The lowest BCUT2D eigenvalue weighted by Crippen LogP contribution is -2.42. The average Bonchev–Trinajstić information content (AvgIpc) is 2.73. The molecule has 31 heavy (non-hydrogen) atoms. The fourth-order valence-corrected chi connectivity index (χ4v) is 5.88. The number of hydrogen-bond donors (Lipinski definition) is 1. The molecule has 168 valence electrons. The van der Waals surface area contributed by atoms with Gasteiger partial charge in [-0.2, -0.15) is 13.2 Å². The fraction of sp³-hybridized carbons (Fsp3) is 0.478. The molecular weight excluding hydrogens is 425 g/mol. The van der Waals surface area contributed by atoms with Crippen molar-refractivity contribution in [1.82, 2.24) is 0 Å². The molecule has 1 saturated carbocycles. The highest BCUT2D eigenvalue weighted by Gasteiger charge is 2.35. The van der Waals surface area contributed by atoms with Crippen LogP contribution in [0.25, 0.3) is 0 Å². The standard InChI is InChI=1S/C23H27F3N2O2S/c1-16-6-9-20(10-7-16)31(29,30)27-21-14-19(23(24,25)26)8-11-22(21)28-13-12-17-4-2-3-5-18(17)15-28/h6-11,14,17-18,27H,2-5,12-13,15H2,1H3/t17-,18-/m0/s1. The summed E-state index contributed by atoms with van der Waals surface area (Å²) >= 11 is 0. The third-order valence-corrected chi connectivity index (χ3v) is 7.91. The summed E-state index contributed by atoms with van der Waals surface area (Å²) in [5, 5.41) is 0.